The molecule has 2 rings (SSSR count). The van der Waals surface area contributed by atoms with Crippen molar-refractivity contribution >= 4 is 0 Å². The molecule has 98 valence electrons. The van der Waals surface area contributed by atoms with E-state index in [-0.39, 0.29) is 0 Å². The molecular weight excluding hydrogens is 218 g/mol. The van der Waals surface area contributed by atoms with Crippen LogP contribution in [0.4, 0.5) is 0 Å². The molecule has 1 heterocycles. The van der Waals surface area contributed by atoms with Crippen molar-refractivity contribution in [3.8, 4) is 11.1 Å². The molecule has 2 aromatic rings. The van der Waals surface area contributed by atoms with E-state index in [2.05, 4.69) is 42.2 Å². The summed E-state index contributed by atoms with van der Waals surface area (Å²) < 4.78 is 0. The minimum Gasteiger partial charge on any atom is -0.264 e. The summed E-state index contributed by atoms with van der Waals surface area (Å²) in [5.41, 5.74) is 3.78. The van der Waals surface area contributed by atoms with Crippen LogP contribution in [0.2, 0.25) is 0 Å². The van der Waals surface area contributed by atoms with Crippen LogP contribution in [0.25, 0.3) is 11.1 Å². The van der Waals surface area contributed by atoms with Gasteiger partial charge in [-0.1, -0.05) is 65.0 Å². The molecule has 0 aliphatic carbocycles. The van der Waals surface area contributed by atoms with Gasteiger partial charge < -0.3 is 0 Å². The first-order chi connectivity index (χ1) is 8.90. The average Bonchev–Trinajstić information content (AvgIpc) is 2.52. The summed E-state index contributed by atoms with van der Waals surface area (Å²) in [4.78, 5) is 4.10. The zero-order valence-electron chi connectivity index (χ0n) is 12.3. The van der Waals surface area contributed by atoms with Crippen LogP contribution in [0.1, 0.15) is 40.2 Å². The van der Waals surface area contributed by atoms with E-state index in [1.807, 2.05) is 40.0 Å². The highest BCUT2D eigenvalue weighted by Crippen LogP contribution is 2.18. The fourth-order valence-corrected chi connectivity index (χ4v) is 1.47. The van der Waals surface area contributed by atoms with Crippen molar-refractivity contribution in [3.05, 3.63) is 54.4 Å². The molecule has 0 N–H and O–H groups in total. The number of benzene rings is 1. The number of hydrogen-bond acceptors (Lipinski definition) is 1. The fraction of sp³-hybridized carbons (Fsp3) is 0.353. The van der Waals surface area contributed by atoms with Crippen LogP contribution in [-0.2, 0) is 6.42 Å². The van der Waals surface area contributed by atoms with Crippen LogP contribution in [0, 0.1) is 0 Å². The van der Waals surface area contributed by atoms with Crippen LogP contribution in [-0.4, -0.2) is 4.98 Å². The van der Waals surface area contributed by atoms with Gasteiger partial charge in [0.15, 0.2) is 0 Å². The van der Waals surface area contributed by atoms with Crippen molar-refractivity contribution in [2.24, 2.45) is 0 Å². The molecular formula is C17H25N. The van der Waals surface area contributed by atoms with E-state index < -0.39 is 0 Å². The second-order valence-corrected chi connectivity index (χ2v) is 3.29. The molecule has 0 radical (unpaired) electrons. The van der Waals surface area contributed by atoms with Crippen LogP contribution in [0.3, 0.4) is 0 Å². The smallest absolute Gasteiger partial charge is 0.0346 e. The zero-order chi connectivity index (χ0) is 13.8. The lowest BCUT2D eigenvalue weighted by Gasteiger charge is -2.01. The van der Waals surface area contributed by atoms with Gasteiger partial charge >= 0.3 is 0 Å². The Morgan fingerprint density at radius 1 is 0.833 bits per heavy atom. The second-order valence-electron chi connectivity index (χ2n) is 3.29. The molecule has 0 spiro atoms. The zero-order valence-corrected chi connectivity index (χ0v) is 12.3. The van der Waals surface area contributed by atoms with Crippen molar-refractivity contribution in [3.63, 3.8) is 0 Å². The third-order valence-electron chi connectivity index (χ3n) is 2.36. The van der Waals surface area contributed by atoms with Gasteiger partial charge in [0.2, 0.25) is 0 Å². The molecule has 0 fully saturated rings. The third-order valence-corrected chi connectivity index (χ3v) is 2.36. The molecule has 0 unspecified atom stereocenters. The number of pyridine rings is 1. The lowest BCUT2D eigenvalue weighted by molar-refractivity contribution is 1.14. The largest absolute Gasteiger partial charge is 0.264 e. The number of aromatic nitrogens is 1. The lowest BCUT2D eigenvalue weighted by atomic mass is 10.1. The first-order valence-electron chi connectivity index (χ1n) is 6.89. The van der Waals surface area contributed by atoms with Gasteiger partial charge in [0.25, 0.3) is 0 Å². The predicted octanol–water partition coefficient (Wildman–Crippen LogP) is 5.36. The Kier molecular flexibility index (Phi) is 9.57. The molecule has 0 saturated carbocycles. The van der Waals surface area contributed by atoms with E-state index >= 15 is 0 Å². The normalized spacial score (nSPS) is 8.50. The van der Waals surface area contributed by atoms with Crippen molar-refractivity contribution < 1.29 is 0 Å². The van der Waals surface area contributed by atoms with Crippen LogP contribution >= 0.6 is 0 Å². The van der Waals surface area contributed by atoms with E-state index in [1.54, 1.807) is 6.20 Å². The van der Waals surface area contributed by atoms with E-state index in [0.717, 1.165) is 6.42 Å². The van der Waals surface area contributed by atoms with Gasteiger partial charge in [-0.05, 0) is 29.2 Å². The monoisotopic (exact) mass is 243 g/mol. The molecule has 0 atom stereocenters. The van der Waals surface area contributed by atoms with Gasteiger partial charge in [-0.25, -0.2) is 0 Å². The minimum atomic E-state index is 1.09. The number of aryl methyl sites for hydroxylation is 1. The number of hydrogen-bond donors (Lipinski definition) is 0. The van der Waals surface area contributed by atoms with Crippen molar-refractivity contribution in [2.45, 2.75) is 41.0 Å². The SMILES string of the molecule is CC.CC.CCc1ccc(-c2cccnc2)cc1. The Morgan fingerprint density at radius 2 is 1.44 bits per heavy atom. The standard InChI is InChI=1S/C13H13N.2C2H6/c1-2-11-5-7-12(8-6-11)13-4-3-9-14-10-13;2*1-2/h3-10H,2H2,1H3;2*1-2H3. The molecule has 1 aromatic heterocycles. The first-order valence-corrected chi connectivity index (χ1v) is 6.89. The quantitative estimate of drug-likeness (QED) is 0.691. The van der Waals surface area contributed by atoms with Gasteiger partial charge in [-0.3, -0.25) is 4.98 Å². The van der Waals surface area contributed by atoms with Crippen molar-refractivity contribution in [1.29, 1.82) is 0 Å². The Balaban J connectivity index is 0.000000659. The molecule has 0 aliphatic rings. The van der Waals surface area contributed by atoms with Crippen LogP contribution in [0.15, 0.2) is 48.8 Å². The molecule has 1 nitrogen and oxygen atoms in total. The highest BCUT2D eigenvalue weighted by atomic mass is 14.6. The first kappa shape index (κ1) is 16.4. The minimum absolute atomic E-state index is 1.09. The molecule has 0 bridgehead atoms. The van der Waals surface area contributed by atoms with Crippen molar-refractivity contribution in [2.75, 3.05) is 0 Å². The van der Waals surface area contributed by atoms with Crippen molar-refractivity contribution in [1.82, 2.24) is 4.98 Å². The molecule has 18 heavy (non-hydrogen) atoms. The average molecular weight is 243 g/mol. The Hall–Kier alpha value is -1.63. The maximum absolute atomic E-state index is 4.10. The second kappa shape index (κ2) is 10.5. The van der Waals surface area contributed by atoms with E-state index in [1.165, 1.54) is 16.7 Å². The highest BCUT2D eigenvalue weighted by molar-refractivity contribution is 5.62. The summed E-state index contributed by atoms with van der Waals surface area (Å²) in [6, 6.07) is 12.7. The van der Waals surface area contributed by atoms with Gasteiger partial charge in [0.05, 0.1) is 0 Å². The Bertz CT molecular complexity index is 390. The third kappa shape index (κ3) is 5.13. The fourth-order valence-electron chi connectivity index (χ4n) is 1.47. The van der Waals surface area contributed by atoms with Crippen LogP contribution < -0.4 is 0 Å². The number of nitrogens with zero attached hydrogens (tertiary/aromatic N) is 1. The van der Waals surface area contributed by atoms with Crippen LogP contribution in [0.5, 0.6) is 0 Å². The summed E-state index contributed by atoms with van der Waals surface area (Å²) in [5.74, 6) is 0. The summed E-state index contributed by atoms with van der Waals surface area (Å²) in [6.45, 7) is 10.2. The highest BCUT2D eigenvalue weighted by Gasteiger charge is 1.95. The van der Waals surface area contributed by atoms with E-state index in [4.69, 9.17) is 0 Å². The van der Waals surface area contributed by atoms with Gasteiger partial charge in [0.1, 0.15) is 0 Å². The topological polar surface area (TPSA) is 12.9 Å². The number of rotatable bonds is 2. The lowest BCUT2D eigenvalue weighted by Crippen LogP contribution is -1.81. The maximum atomic E-state index is 4.10. The van der Waals surface area contributed by atoms with Gasteiger partial charge in [-0.15, -0.1) is 0 Å². The molecule has 0 saturated heterocycles. The maximum Gasteiger partial charge on any atom is 0.0346 e. The predicted molar refractivity (Wildman–Crippen MR) is 81.7 cm³/mol. The Morgan fingerprint density at radius 3 is 1.89 bits per heavy atom. The summed E-state index contributed by atoms with van der Waals surface area (Å²) >= 11 is 0. The molecule has 1 heteroatoms. The Labute approximate surface area is 112 Å². The molecule has 1 aromatic carbocycles. The molecule has 0 aliphatic heterocycles. The molecule has 0 amide bonds. The summed E-state index contributed by atoms with van der Waals surface area (Å²) in [5, 5.41) is 0. The van der Waals surface area contributed by atoms with Gasteiger partial charge in [-0.2, -0.15) is 0 Å². The van der Waals surface area contributed by atoms with E-state index in [9.17, 15) is 0 Å². The summed E-state index contributed by atoms with van der Waals surface area (Å²) in [7, 11) is 0. The van der Waals surface area contributed by atoms with E-state index in [0.29, 0.717) is 0 Å². The summed E-state index contributed by atoms with van der Waals surface area (Å²) in [6.07, 6.45) is 4.78. The van der Waals surface area contributed by atoms with Gasteiger partial charge in [0, 0.05) is 12.4 Å².